The van der Waals surface area contributed by atoms with Crippen LogP contribution < -0.4 is 10.6 Å². The van der Waals surface area contributed by atoms with E-state index in [0.717, 1.165) is 43.8 Å². The van der Waals surface area contributed by atoms with E-state index in [0.29, 0.717) is 25.3 Å². The molecule has 2 aromatic heterocycles. The molecule has 0 radical (unpaired) electrons. The molecule has 1 atom stereocenters. The number of rotatable bonds is 3. The van der Waals surface area contributed by atoms with E-state index in [1.807, 2.05) is 17.0 Å². The Kier molecular flexibility index (Phi) is 4.64. The molecule has 0 bridgehead atoms. The van der Waals surface area contributed by atoms with Crippen molar-refractivity contribution in [2.75, 3.05) is 19.6 Å². The summed E-state index contributed by atoms with van der Waals surface area (Å²) in [6, 6.07) is 5.43. The quantitative estimate of drug-likeness (QED) is 0.874. The number of likely N-dealkylation sites (tertiary alicyclic amines) is 1. The third-order valence-corrected chi connectivity index (χ3v) is 4.98. The largest absolute Gasteiger partial charge is 0.467 e. The molecule has 2 N–H and O–H groups in total. The highest BCUT2D eigenvalue weighted by atomic mass is 16.3. The van der Waals surface area contributed by atoms with Crippen LogP contribution in [0.1, 0.15) is 47.1 Å². The number of nitrogens with zero attached hydrogens (tertiary/aromatic N) is 3. The zero-order valence-corrected chi connectivity index (χ0v) is 14.6. The van der Waals surface area contributed by atoms with E-state index < -0.39 is 0 Å². The Morgan fingerprint density at radius 2 is 2.31 bits per heavy atom. The maximum Gasteiger partial charge on any atom is 0.317 e. The van der Waals surface area contributed by atoms with Crippen molar-refractivity contribution in [2.24, 2.45) is 0 Å². The van der Waals surface area contributed by atoms with Crippen LogP contribution in [0.15, 0.2) is 28.9 Å². The molecule has 1 unspecified atom stereocenters. The third kappa shape index (κ3) is 3.44. The van der Waals surface area contributed by atoms with Gasteiger partial charge in [0.2, 0.25) is 0 Å². The van der Waals surface area contributed by atoms with E-state index in [9.17, 15) is 9.59 Å². The fourth-order valence-electron chi connectivity index (χ4n) is 3.60. The monoisotopic (exact) mass is 357 g/mol. The van der Waals surface area contributed by atoms with Gasteiger partial charge < -0.3 is 20.0 Å². The molecule has 1 saturated heterocycles. The number of hydrogen-bond donors (Lipinski definition) is 2. The molecular weight excluding hydrogens is 334 g/mol. The summed E-state index contributed by atoms with van der Waals surface area (Å²) >= 11 is 0. The molecule has 2 aliphatic rings. The van der Waals surface area contributed by atoms with Crippen LogP contribution in [-0.2, 0) is 13.1 Å². The van der Waals surface area contributed by atoms with E-state index in [-0.39, 0.29) is 17.9 Å². The number of amides is 3. The van der Waals surface area contributed by atoms with Gasteiger partial charge in [-0.2, -0.15) is 5.10 Å². The molecule has 0 spiro atoms. The van der Waals surface area contributed by atoms with Gasteiger partial charge in [0.05, 0.1) is 18.5 Å². The first kappa shape index (κ1) is 16.7. The number of fused-ring (bicyclic) bond motifs is 1. The molecule has 0 aromatic carbocycles. The highest BCUT2D eigenvalue weighted by molar-refractivity contribution is 5.92. The van der Waals surface area contributed by atoms with Crippen molar-refractivity contribution < 1.29 is 14.0 Å². The zero-order valence-electron chi connectivity index (χ0n) is 14.6. The minimum absolute atomic E-state index is 0.0647. The molecule has 0 aliphatic carbocycles. The Balaban J connectivity index is 1.41. The maximum absolute atomic E-state index is 12.4. The lowest BCUT2D eigenvalue weighted by atomic mass is 9.95. The van der Waals surface area contributed by atoms with Crippen molar-refractivity contribution in [3.05, 3.63) is 41.6 Å². The van der Waals surface area contributed by atoms with Crippen LogP contribution in [0.5, 0.6) is 0 Å². The summed E-state index contributed by atoms with van der Waals surface area (Å²) in [5.41, 5.74) is 1.53. The van der Waals surface area contributed by atoms with Crippen LogP contribution in [0, 0.1) is 0 Å². The summed E-state index contributed by atoms with van der Waals surface area (Å²) in [6.45, 7) is 3.15. The first-order valence-corrected chi connectivity index (χ1v) is 9.12. The molecular formula is C18H23N5O3. The first-order valence-electron chi connectivity index (χ1n) is 9.12. The van der Waals surface area contributed by atoms with E-state index in [4.69, 9.17) is 4.42 Å². The van der Waals surface area contributed by atoms with Gasteiger partial charge in [0.25, 0.3) is 5.91 Å². The van der Waals surface area contributed by atoms with Gasteiger partial charge in [-0.3, -0.25) is 9.48 Å². The number of carbonyl (C=O) groups is 2. The number of nitrogens with one attached hydrogen (secondary N) is 2. The molecule has 8 nitrogen and oxygen atoms in total. The number of hydrogen-bond acceptors (Lipinski definition) is 4. The number of aryl methyl sites for hydroxylation is 1. The molecule has 4 rings (SSSR count). The Hall–Kier alpha value is -2.77. The summed E-state index contributed by atoms with van der Waals surface area (Å²) in [4.78, 5) is 26.4. The van der Waals surface area contributed by atoms with Gasteiger partial charge in [-0.05, 0) is 37.5 Å². The molecule has 138 valence electrons. The average molecular weight is 357 g/mol. The van der Waals surface area contributed by atoms with Crippen molar-refractivity contribution in [1.82, 2.24) is 25.3 Å². The highest BCUT2D eigenvalue weighted by Crippen LogP contribution is 2.27. The van der Waals surface area contributed by atoms with Crippen molar-refractivity contribution in [3.63, 3.8) is 0 Å². The third-order valence-electron chi connectivity index (χ3n) is 4.98. The van der Waals surface area contributed by atoms with Crippen LogP contribution in [0.4, 0.5) is 4.79 Å². The number of urea groups is 1. The molecule has 2 aliphatic heterocycles. The SMILES string of the molecule is O=C1NCCCn2nc(C3CCCN(C(=O)NCc4ccco4)C3)cc21. The topological polar surface area (TPSA) is 92.4 Å². The molecule has 0 saturated carbocycles. The Labute approximate surface area is 151 Å². The molecule has 2 aromatic rings. The van der Waals surface area contributed by atoms with E-state index in [1.54, 1.807) is 17.0 Å². The zero-order chi connectivity index (χ0) is 17.9. The lowest BCUT2D eigenvalue weighted by molar-refractivity contribution is 0.0950. The molecule has 3 amide bonds. The second-order valence-electron chi connectivity index (χ2n) is 6.81. The summed E-state index contributed by atoms with van der Waals surface area (Å²) in [7, 11) is 0. The number of carbonyl (C=O) groups excluding carboxylic acids is 2. The van der Waals surface area contributed by atoms with Gasteiger partial charge in [0.15, 0.2) is 0 Å². The second-order valence-corrected chi connectivity index (χ2v) is 6.81. The Bertz CT molecular complexity index is 783. The standard InChI is InChI=1S/C18H23N5O3/c24-17-16-10-15(21-23(16)8-3-6-19-17)13-4-1-7-22(12-13)18(25)20-11-14-5-2-9-26-14/h2,5,9-10,13H,1,3-4,6-8,11-12H2,(H,19,24)(H,20,25). The van der Waals surface area contributed by atoms with Crippen molar-refractivity contribution in [2.45, 2.75) is 38.3 Å². The minimum atomic E-state index is -0.0929. The number of piperidine rings is 1. The summed E-state index contributed by atoms with van der Waals surface area (Å²) in [6.07, 6.45) is 4.37. The van der Waals surface area contributed by atoms with Gasteiger partial charge in [-0.1, -0.05) is 0 Å². The van der Waals surface area contributed by atoms with E-state index in [1.165, 1.54) is 0 Å². The molecule has 8 heteroatoms. The lowest BCUT2D eigenvalue weighted by Gasteiger charge is -2.32. The smallest absolute Gasteiger partial charge is 0.317 e. The minimum Gasteiger partial charge on any atom is -0.467 e. The highest BCUT2D eigenvalue weighted by Gasteiger charge is 2.28. The van der Waals surface area contributed by atoms with E-state index in [2.05, 4.69) is 15.7 Å². The molecule has 26 heavy (non-hydrogen) atoms. The summed E-state index contributed by atoms with van der Waals surface area (Å²) in [5, 5.41) is 10.4. The maximum atomic E-state index is 12.4. The fraction of sp³-hybridized carbons (Fsp3) is 0.500. The first-order chi connectivity index (χ1) is 12.7. The average Bonchev–Trinajstić information content (AvgIpc) is 3.30. The summed E-state index contributed by atoms with van der Waals surface area (Å²) in [5.74, 6) is 0.825. The fourth-order valence-corrected chi connectivity index (χ4v) is 3.60. The van der Waals surface area contributed by atoms with Crippen LogP contribution in [-0.4, -0.2) is 46.3 Å². The number of aromatic nitrogens is 2. The summed E-state index contributed by atoms with van der Waals surface area (Å²) < 4.78 is 7.04. The molecule has 4 heterocycles. The van der Waals surface area contributed by atoms with Crippen molar-refractivity contribution in [1.29, 1.82) is 0 Å². The van der Waals surface area contributed by atoms with Gasteiger partial charge in [-0.25, -0.2) is 4.79 Å². The molecule has 1 fully saturated rings. The lowest BCUT2D eigenvalue weighted by Crippen LogP contribution is -2.44. The van der Waals surface area contributed by atoms with Crippen LogP contribution in [0.25, 0.3) is 0 Å². The van der Waals surface area contributed by atoms with Crippen LogP contribution >= 0.6 is 0 Å². The number of furan rings is 1. The Morgan fingerprint density at radius 1 is 1.38 bits per heavy atom. The second kappa shape index (κ2) is 7.23. The van der Waals surface area contributed by atoms with E-state index >= 15 is 0 Å². The van der Waals surface area contributed by atoms with Crippen molar-refractivity contribution in [3.8, 4) is 0 Å². The predicted molar refractivity (Wildman–Crippen MR) is 93.7 cm³/mol. The van der Waals surface area contributed by atoms with Gasteiger partial charge in [0.1, 0.15) is 11.5 Å². The normalized spacial score (nSPS) is 20.2. The van der Waals surface area contributed by atoms with Crippen LogP contribution in [0.3, 0.4) is 0 Å². The van der Waals surface area contributed by atoms with Gasteiger partial charge in [-0.15, -0.1) is 0 Å². The van der Waals surface area contributed by atoms with Crippen LogP contribution in [0.2, 0.25) is 0 Å². The predicted octanol–water partition coefficient (Wildman–Crippen LogP) is 1.70. The Morgan fingerprint density at radius 3 is 3.15 bits per heavy atom. The van der Waals surface area contributed by atoms with Gasteiger partial charge >= 0.3 is 6.03 Å². The van der Waals surface area contributed by atoms with Crippen molar-refractivity contribution >= 4 is 11.9 Å². The van der Waals surface area contributed by atoms with Gasteiger partial charge in [0, 0.05) is 32.1 Å².